The van der Waals surface area contributed by atoms with Crippen molar-refractivity contribution in [1.29, 1.82) is 0 Å². The van der Waals surface area contributed by atoms with Crippen molar-refractivity contribution in [3.8, 4) is 0 Å². The minimum Gasteiger partial charge on any atom is -0.377 e. The van der Waals surface area contributed by atoms with Crippen LogP contribution in [0.1, 0.15) is 24.8 Å². The molecule has 1 saturated heterocycles. The first kappa shape index (κ1) is 12.8. The fourth-order valence-electron chi connectivity index (χ4n) is 2.44. The van der Waals surface area contributed by atoms with Gasteiger partial charge in [-0.2, -0.15) is 0 Å². The van der Waals surface area contributed by atoms with Crippen molar-refractivity contribution < 1.29 is 4.74 Å². The van der Waals surface area contributed by atoms with Crippen molar-refractivity contribution in [2.24, 2.45) is 0 Å². The first-order chi connectivity index (χ1) is 9.31. The van der Waals surface area contributed by atoms with E-state index in [2.05, 4.69) is 22.4 Å². The number of nitrogens with zero attached hydrogens (tertiary/aromatic N) is 1. The molecule has 1 aliphatic rings. The molecule has 0 bridgehead atoms. The normalized spacial score (nSPS) is 19.9. The maximum atomic E-state index is 5.71. The van der Waals surface area contributed by atoms with Gasteiger partial charge in [0.15, 0.2) is 5.13 Å². The smallest absolute Gasteiger partial charge is 0.181 e. The molecule has 102 valence electrons. The molecule has 1 aromatic heterocycles. The standard InChI is InChI=1S/C14H19N3OS/c15-14-17-12-5-4-10(7-13(12)19-14)8-16-9-11-3-1-2-6-18-11/h4-5,7,11,16H,1-3,6,8-9H2,(H2,15,17). The quantitative estimate of drug-likeness (QED) is 0.901. The van der Waals surface area contributed by atoms with Gasteiger partial charge in [-0.15, -0.1) is 0 Å². The first-order valence-electron chi connectivity index (χ1n) is 6.78. The van der Waals surface area contributed by atoms with E-state index >= 15 is 0 Å². The van der Waals surface area contributed by atoms with Crippen LogP contribution in [0, 0.1) is 0 Å². The van der Waals surface area contributed by atoms with Crippen LogP contribution in [0.25, 0.3) is 10.2 Å². The Morgan fingerprint density at radius 1 is 1.42 bits per heavy atom. The van der Waals surface area contributed by atoms with Gasteiger partial charge in [-0.3, -0.25) is 0 Å². The summed E-state index contributed by atoms with van der Waals surface area (Å²) >= 11 is 1.54. The second kappa shape index (κ2) is 5.86. The van der Waals surface area contributed by atoms with Gasteiger partial charge in [0.2, 0.25) is 0 Å². The Bertz CT molecular complexity index is 549. The predicted molar refractivity (Wildman–Crippen MR) is 79.3 cm³/mol. The van der Waals surface area contributed by atoms with Gasteiger partial charge >= 0.3 is 0 Å². The van der Waals surface area contributed by atoms with Crippen molar-refractivity contribution in [3.05, 3.63) is 23.8 Å². The van der Waals surface area contributed by atoms with Gasteiger partial charge in [-0.1, -0.05) is 17.4 Å². The van der Waals surface area contributed by atoms with E-state index in [-0.39, 0.29) is 0 Å². The third-order valence-corrected chi connectivity index (χ3v) is 4.29. The first-order valence-corrected chi connectivity index (χ1v) is 7.60. The van der Waals surface area contributed by atoms with Gasteiger partial charge in [0.1, 0.15) is 0 Å². The van der Waals surface area contributed by atoms with Crippen LogP contribution < -0.4 is 11.1 Å². The lowest BCUT2D eigenvalue weighted by atomic mass is 10.1. The molecule has 4 nitrogen and oxygen atoms in total. The lowest BCUT2D eigenvalue weighted by Gasteiger charge is -2.22. The zero-order valence-electron chi connectivity index (χ0n) is 10.9. The van der Waals surface area contributed by atoms with Gasteiger partial charge in [0, 0.05) is 19.7 Å². The fourth-order valence-corrected chi connectivity index (χ4v) is 3.24. The van der Waals surface area contributed by atoms with Crippen molar-refractivity contribution in [2.75, 3.05) is 18.9 Å². The lowest BCUT2D eigenvalue weighted by molar-refractivity contribution is 0.0168. The number of fused-ring (bicyclic) bond motifs is 1. The van der Waals surface area contributed by atoms with Crippen LogP contribution >= 0.6 is 11.3 Å². The highest BCUT2D eigenvalue weighted by Crippen LogP contribution is 2.24. The topological polar surface area (TPSA) is 60.2 Å². The number of rotatable bonds is 4. The Labute approximate surface area is 117 Å². The number of benzene rings is 1. The molecule has 5 heteroatoms. The van der Waals surface area contributed by atoms with E-state index in [4.69, 9.17) is 10.5 Å². The zero-order valence-corrected chi connectivity index (χ0v) is 11.7. The van der Waals surface area contributed by atoms with Gasteiger partial charge in [-0.05, 0) is 37.0 Å². The van der Waals surface area contributed by atoms with Gasteiger partial charge in [0.25, 0.3) is 0 Å². The molecule has 0 saturated carbocycles. The van der Waals surface area contributed by atoms with Crippen molar-refractivity contribution >= 4 is 26.7 Å². The molecule has 0 amide bonds. The van der Waals surface area contributed by atoms with E-state index in [1.165, 1.54) is 24.8 Å². The molecule has 19 heavy (non-hydrogen) atoms. The molecule has 1 aromatic carbocycles. The van der Waals surface area contributed by atoms with Crippen LogP contribution in [0.5, 0.6) is 0 Å². The summed E-state index contributed by atoms with van der Waals surface area (Å²) in [5.74, 6) is 0. The summed E-state index contributed by atoms with van der Waals surface area (Å²) in [4.78, 5) is 4.26. The van der Waals surface area contributed by atoms with E-state index < -0.39 is 0 Å². The minimum atomic E-state index is 0.386. The molecule has 1 aliphatic heterocycles. The summed E-state index contributed by atoms with van der Waals surface area (Å²) < 4.78 is 6.86. The maximum absolute atomic E-state index is 5.71. The lowest BCUT2D eigenvalue weighted by Crippen LogP contribution is -2.31. The highest BCUT2D eigenvalue weighted by atomic mass is 32.1. The summed E-state index contributed by atoms with van der Waals surface area (Å²) in [6, 6.07) is 6.31. The third-order valence-electron chi connectivity index (χ3n) is 3.44. The number of nitrogens with one attached hydrogen (secondary N) is 1. The molecular weight excluding hydrogens is 258 g/mol. The Kier molecular flexibility index (Phi) is 3.96. The van der Waals surface area contributed by atoms with E-state index in [1.54, 1.807) is 11.3 Å². The van der Waals surface area contributed by atoms with Gasteiger partial charge in [0.05, 0.1) is 16.3 Å². The van der Waals surface area contributed by atoms with Crippen LogP contribution in [0.2, 0.25) is 0 Å². The zero-order chi connectivity index (χ0) is 13.1. The summed E-state index contributed by atoms with van der Waals surface area (Å²) in [6.07, 6.45) is 4.06. The molecule has 1 atom stereocenters. The highest BCUT2D eigenvalue weighted by molar-refractivity contribution is 7.22. The molecule has 1 unspecified atom stereocenters. The van der Waals surface area contributed by atoms with Gasteiger partial charge in [-0.25, -0.2) is 4.98 Å². The van der Waals surface area contributed by atoms with E-state index in [0.29, 0.717) is 11.2 Å². The number of aromatic nitrogens is 1. The van der Waals surface area contributed by atoms with Crippen LogP contribution in [-0.2, 0) is 11.3 Å². The molecule has 3 rings (SSSR count). The van der Waals surface area contributed by atoms with Crippen LogP contribution in [0.3, 0.4) is 0 Å². The SMILES string of the molecule is Nc1nc2ccc(CNCC3CCCCO3)cc2s1. The monoisotopic (exact) mass is 277 g/mol. The molecule has 0 radical (unpaired) electrons. The van der Waals surface area contributed by atoms with E-state index in [0.717, 1.165) is 29.9 Å². The second-order valence-corrected chi connectivity index (χ2v) is 6.04. The largest absolute Gasteiger partial charge is 0.377 e. The molecule has 3 N–H and O–H groups in total. The molecule has 0 spiro atoms. The van der Waals surface area contributed by atoms with Gasteiger partial charge < -0.3 is 15.8 Å². The number of hydrogen-bond donors (Lipinski definition) is 2. The molecule has 0 aliphatic carbocycles. The third kappa shape index (κ3) is 3.23. The number of nitrogens with two attached hydrogens (primary N) is 1. The number of nitrogen functional groups attached to an aromatic ring is 1. The molecule has 2 heterocycles. The van der Waals surface area contributed by atoms with E-state index in [1.807, 2.05) is 6.07 Å². The number of thiazole rings is 1. The Balaban J connectivity index is 1.55. The average molecular weight is 277 g/mol. The number of hydrogen-bond acceptors (Lipinski definition) is 5. The Hall–Kier alpha value is -1.17. The number of ether oxygens (including phenoxy) is 1. The summed E-state index contributed by atoms with van der Waals surface area (Å²) in [7, 11) is 0. The Morgan fingerprint density at radius 2 is 2.37 bits per heavy atom. The molecular formula is C14H19N3OS. The minimum absolute atomic E-state index is 0.386. The van der Waals surface area contributed by atoms with Crippen LogP contribution in [0.15, 0.2) is 18.2 Å². The second-order valence-electron chi connectivity index (χ2n) is 4.97. The summed E-state index contributed by atoms with van der Waals surface area (Å²) in [6.45, 7) is 2.72. The van der Waals surface area contributed by atoms with Crippen LogP contribution in [0.4, 0.5) is 5.13 Å². The average Bonchev–Trinajstić information content (AvgIpc) is 2.79. The number of anilines is 1. The van der Waals surface area contributed by atoms with Crippen molar-refractivity contribution in [3.63, 3.8) is 0 Å². The summed E-state index contributed by atoms with van der Waals surface area (Å²) in [5, 5.41) is 4.11. The Morgan fingerprint density at radius 3 is 3.21 bits per heavy atom. The molecule has 1 fully saturated rings. The predicted octanol–water partition coefficient (Wildman–Crippen LogP) is 2.54. The summed E-state index contributed by atoms with van der Waals surface area (Å²) in [5.41, 5.74) is 7.97. The van der Waals surface area contributed by atoms with Crippen LogP contribution in [-0.4, -0.2) is 24.2 Å². The van der Waals surface area contributed by atoms with Crippen molar-refractivity contribution in [2.45, 2.75) is 31.9 Å². The fraction of sp³-hybridized carbons (Fsp3) is 0.500. The highest BCUT2D eigenvalue weighted by Gasteiger charge is 2.12. The van der Waals surface area contributed by atoms with Crippen molar-refractivity contribution in [1.82, 2.24) is 10.3 Å². The molecule has 2 aromatic rings. The maximum Gasteiger partial charge on any atom is 0.181 e. The van der Waals surface area contributed by atoms with E-state index in [9.17, 15) is 0 Å².